The lowest BCUT2D eigenvalue weighted by Gasteiger charge is -2.11. The molecule has 9 nitrogen and oxygen atoms in total. The third-order valence-corrected chi connectivity index (χ3v) is 2.60. The molecule has 0 saturated carbocycles. The number of benzene rings is 1. The molecule has 0 aliphatic rings. The van der Waals surface area contributed by atoms with Crippen molar-refractivity contribution in [1.29, 1.82) is 0 Å². The number of hydrogen-bond acceptors (Lipinski definition) is 7. The number of carbonyl (C=O) groups is 1. The second kappa shape index (κ2) is 6.45. The smallest absolute Gasteiger partial charge is 0.310 e. The molecular weight excluding hydrogens is 270 g/mol. The number of nitrogens with zero attached hydrogens (tertiary/aromatic N) is 2. The molecule has 1 atom stereocenters. The van der Waals surface area contributed by atoms with Crippen LogP contribution in [0.1, 0.15) is 6.92 Å². The molecule has 0 radical (unpaired) electrons. The number of nitro benzene ring substituents is 2. The van der Waals surface area contributed by atoms with Gasteiger partial charge in [0.2, 0.25) is 0 Å². The van der Waals surface area contributed by atoms with Crippen molar-refractivity contribution in [3.63, 3.8) is 0 Å². The molecule has 108 valence electrons. The molecule has 1 rings (SSSR count). The molecule has 0 aromatic heterocycles. The minimum atomic E-state index is -0.724. The first kappa shape index (κ1) is 15.3. The number of hydrogen-bond donors (Lipinski definition) is 1. The number of rotatable bonds is 6. The van der Waals surface area contributed by atoms with Gasteiger partial charge in [0.05, 0.1) is 22.9 Å². The Morgan fingerprint density at radius 1 is 1.30 bits per heavy atom. The summed E-state index contributed by atoms with van der Waals surface area (Å²) in [7, 11) is 1.21. The van der Waals surface area contributed by atoms with E-state index >= 15 is 0 Å². The van der Waals surface area contributed by atoms with Crippen molar-refractivity contribution >= 4 is 23.0 Å². The monoisotopic (exact) mass is 283 g/mol. The molecule has 0 bridgehead atoms. The molecular formula is C11H13N3O6. The maximum Gasteiger partial charge on any atom is 0.310 e. The van der Waals surface area contributed by atoms with Crippen LogP contribution in [0.5, 0.6) is 0 Å². The maximum absolute atomic E-state index is 11.2. The molecule has 1 unspecified atom stereocenters. The van der Waals surface area contributed by atoms with Crippen LogP contribution in [0.25, 0.3) is 0 Å². The second-order valence-electron chi connectivity index (χ2n) is 3.99. The predicted octanol–water partition coefficient (Wildman–Crippen LogP) is 1.72. The molecule has 0 amide bonds. The highest BCUT2D eigenvalue weighted by Crippen LogP contribution is 2.33. The fraction of sp³-hybridized carbons (Fsp3) is 0.364. The summed E-state index contributed by atoms with van der Waals surface area (Å²) >= 11 is 0. The van der Waals surface area contributed by atoms with Gasteiger partial charge in [-0.15, -0.1) is 0 Å². The Bertz CT molecular complexity index is 513. The molecule has 0 spiro atoms. The van der Waals surface area contributed by atoms with Crippen molar-refractivity contribution in [3.8, 4) is 0 Å². The molecule has 20 heavy (non-hydrogen) atoms. The summed E-state index contributed by atoms with van der Waals surface area (Å²) in [4.78, 5) is 31.6. The Balaban J connectivity index is 3.05. The van der Waals surface area contributed by atoms with Gasteiger partial charge in [0.15, 0.2) is 5.69 Å². The maximum atomic E-state index is 11.2. The first-order valence-corrected chi connectivity index (χ1v) is 5.62. The van der Waals surface area contributed by atoms with Crippen LogP contribution in [-0.4, -0.2) is 29.5 Å². The van der Waals surface area contributed by atoms with E-state index in [1.165, 1.54) is 13.2 Å². The van der Waals surface area contributed by atoms with Crippen molar-refractivity contribution in [3.05, 3.63) is 38.4 Å². The lowest BCUT2D eigenvalue weighted by Crippen LogP contribution is -2.22. The number of nitrogens with one attached hydrogen (secondary N) is 1. The molecule has 0 saturated heterocycles. The molecule has 1 aromatic carbocycles. The van der Waals surface area contributed by atoms with E-state index in [0.717, 1.165) is 12.1 Å². The average Bonchev–Trinajstić information content (AvgIpc) is 2.42. The summed E-state index contributed by atoms with van der Waals surface area (Å²) in [6, 6.07) is 3.53. The number of ether oxygens (including phenoxy) is 1. The lowest BCUT2D eigenvalue weighted by atomic mass is 10.1. The molecule has 0 aliphatic carbocycles. The van der Waals surface area contributed by atoms with Crippen molar-refractivity contribution < 1.29 is 19.4 Å². The van der Waals surface area contributed by atoms with E-state index in [1.807, 2.05) is 0 Å². The standard InChI is InChI=1S/C11H13N3O6/c1-7(11(15)20-2)6-12-10-8(13(16)17)4-3-5-9(10)14(18)19/h3-5,7,12H,6H2,1-2H3. The van der Waals surface area contributed by atoms with Crippen molar-refractivity contribution in [2.75, 3.05) is 19.0 Å². The molecule has 1 N–H and O–H groups in total. The van der Waals surface area contributed by atoms with Crippen LogP contribution >= 0.6 is 0 Å². The fourth-order valence-electron chi connectivity index (χ4n) is 1.55. The van der Waals surface area contributed by atoms with Crippen molar-refractivity contribution in [2.24, 2.45) is 5.92 Å². The van der Waals surface area contributed by atoms with Crippen LogP contribution in [-0.2, 0) is 9.53 Å². The zero-order chi connectivity index (χ0) is 15.3. The molecule has 0 heterocycles. The third-order valence-electron chi connectivity index (χ3n) is 2.60. The first-order chi connectivity index (χ1) is 9.38. The SMILES string of the molecule is COC(=O)C(C)CNc1c([N+](=O)[O-])cccc1[N+](=O)[O-]. The van der Waals surface area contributed by atoms with Gasteiger partial charge >= 0.3 is 5.97 Å². The van der Waals surface area contributed by atoms with E-state index in [0.29, 0.717) is 0 Å². The van der Waals surface area contributed by atoms with Gasteiger partial charge in [0, 0.05) is 18.7 Å². The zero-order valence-electron chi connectivity index (χ0n) is 10.9. The number of para-hydroxylation sites is 1. The van der Waals surface area contributed by atoms with Gasteiger partial charge < -0.3 is 10.1 Å². The van der Waals surface area contributed by atoms with Gasteiger partial charge in [-0.05, 0) is 6.07 Å². The largest absolute Gasteiger partial charge is 0.469 e. The topological polar surface area (TPSA) is 125 Å². The summed E-state index contributed by atoms with van der Waals surface area (Å²) in [6.07, 6.45) is 0. The number of anilines is 1. The van der Waals surface area contributed by atoms with Crippen LogP contribution in [0, 0.1) is 26.1 Å². The Kier molecular flexibility index (Phi) is 4.95. The first-order valence-electron chi connectivity index (χ1n) is 5.62. The second-order valence-corrected chi connectivity index (χ2v) is 3.99. The van der Waals surface area contributed by atoms with Crippen molar-refractivity contribution in [1.82, 2.24) is 0 Å². The van der Waals surface area contributed by atoms with Crippen LogP contribution in [0.3, 0.4) is 0 Å². The quantitative estimate of drug-likeness (QED) is 0.478. The van der Waals surface area contributed by atoms with Gasteiger partial charge in [-0.2, -0.15) is 0 Å². The van der Waals surface area contributed by atoms with E-state index in [9.17, 15) is 25.0 Å². The average molecular weight is 283 g/mol. The summed E-state index contributed by atoms with van der Waals surface area (Å²) in [5.41, 5.74) is -1.06. The highest BCUT2D eigenvalue weighted by molar-refractivity contribution is 5.76. The number of methoxy groups -OCH3 is 1. The molecule has 9 heteroatoms. The summed E-state index contributed by atoms with van der Waals surface area (Å²) < 4.78 is 4.51. The predicted molar refractivity (Wildman–Crippen MR) is 69.4 cm³/mol. The van der Waals surface area contributed by atoms with Gasteiger partial charge in [0.25, 0.3) is 11.4 Å². The normalized spacial score (nSPS) is 11.5. The van der Waals surface area contributed by atoms with Crippen LogP contribution in [0.4, 0.5) is 17.1 Å². The van der Waals surface area contributed by atoms with Gasteiger partial charge in [-0.1, -0.05) is 6.92 Å². The van der Waals surface area contributed by atoms with E-state index in [1.54, 1.807) is 6.92 Å². The van der Waals surface area contributed by atoms with E-state index in [-0.39, 0.29) is 12.2 Å². The van der Waals surface area contributed by atoms with Crippen molar-refractivity contribution in [2.45, 2.75) is 6.92 Å². The lowest BCUT2D eigenvalue weighted by molar-refractivity contribution is -0.392. The zero-order valence-corrected chi connectivity index (χ0v) is 10.9. The third kappa shape index (κ3) is 3.40. The Hall–Kier alpha value is -2.71. The van der Waals surface area contributed by atoms with Gasteiger partial charge in [0.1, 0.15) is 0 Å². The molecule has 0 aliphatic heterocycles. The number of carbonyl (C=O) groups excluding carboxylic acids is 1. The van der Waals surface area contributed by atoms with Crippen LogP contribution < -0.4 is 5.32 Å². The summed E-state index contributed by atoms with van der Waals surface area (Å²) in [6.45, 7) is 1.53. The summed E-state index contributed by atoms with van der Waals surface area (Å²) in [5.74, 6) is -1.11. The molecule has 1 aromatic rings. The Morgan fingerprint density at radius 3 is 2.20 bits per heavy atom. The van der Waals surface area contributed by atoms with E-state index in [4.69, 9.17) is 0 Å². The Labute approximate surface area is 113 Å². The highest BCUT2D eigenvalue weighted by atomic mass is 16.6. The Morgan fingerprint density at radius 2 is 1.80 bits per heavy atom. The minimum absolute atomic E-state index is 0.0155. The van der Waals surface area contributed by atoms with Gasteiger partial charge in [-0.25, -0.2) is 0 Å². The minimum Gasteiger partial charge on any atom is -0.469 e. The molecule has 0 fully saturated rings. The number of esters is 1. The van der Waals surface area contributed by atoms with Crippen LogP contribution in [0.2, 0.25) is 0 Å². The van der Waals surface area contributed by atoms with E-state index < -0.39 is 33.1 Å². The number of nitro groups is 2. The highest BCUT2D eigenvalue weighted by Gasteiger charge is 2.25. The fourth-order valence-corrected chi connectivity index (χ4v) is 1.55. The van der Waals surface area contributed by atoms with E-state index in [2.05, 4.69) is 10.1 Å². The van der Waals surface area contributed by atoms with Crippen LogP contribution in [0.15, 0.2) is 18.2 Å². The summed E-state index contributed by atoms with van der Waals surface area (Å²) in [5, 5.41) is 24.3. The van der Waals surface area contributed by atoms with Gasteiger partial charge in [-0.3, -0.25) is 25.0 Å².